The van der Waals surface area contributed by atoms with Gasteiger partial charge in [0.1, 0.15) is 0 Å². The fourth-order valence-corrected chi connectivity index (χ4v) is 1.07. The van der Waals surface area contributed by atoms with E-state index in [0.29, 0.717) is 6.42 Å². The van der Waals surface area contributed by atoms with Crippen molar-refractivity contribution >= 4 is 5.78 Å². The van der Waals surface area contributed by atoms with E-state index in [4.69, 9.17) is 0 Å². The maximum atomic E-state index is 11.2. The third-order valence-corrected chi connectivity index (χ3v) is 1.73. The summed E-state index contributed by atoms with van der Waals surface area (Å²) in [5, 5.41) is 0. The van der Waals surface area contributed by atoms with Crippen LogP contribution in [0.25, 0.3) is 0 Å². The van der Waals surface area contributed by atoms with Crippen molar-refractivity contribution < 1.29 is 4.79 Å². The molecule has 0 saturated carbocycles. The molecule has 0 aliphatic heterocycles. The molecule has 1 heterocycles. The van der Waals surface area contributed by atoms with Crippen LogP contribution in [-0.4, -0.2) is 10.4 Å². The first kappa shape index (κ1) is 8.78. The van der Waals surface area contributed by atoms with Crippen LogP contribution in [0, 0.1) is 0 Å². The summed E-state index contributed by atoms with van der Waals surface area (Å²) in [7, 11) is 0. The number of nitrogens with zero attached hydrogens (tertiary/aromatic N) is 1. The molecule has 64 valence electrons. The lowest BCUT2D eigenvalue weighted by molar-refractivity contribution is 0.0988. The Labute approximate surface area is 72.5 Å². The summed E-state index contributed by atoms with van der Waals surface area (Å²) < 4.78 is 1.94. The zero-order chi connectivity index (χ0) is 8.97. The Balaban J connectivity index is 2.76. The van der Waals surface area contributed by atoms with Crippen LogP contribution in [0.5, 0.6) is 0 Å². The molecule has 0 radical (unpaired) electrons. The molecule has 0 N–H and O–H groups in total. The van der Waals surface area contributed by atoms with Crippen molar-refractivity contribution in [2.75, 3.05) is 0 Å². The van der Waals surface area contributed by atoms with Gasteiger partial charge in [-0.05, 0) is 6.07 Å². The van der Waals surface area contributed by atoms with Gasteiger partial charge in [0.15, 0.2) is 5.78 Å². The van der Waals surface area contributed by atoms with E-state index in [0.717, 1.165) is 12.1 Å². The van der Waals surface area contributed by atoms with Gasteiger partial charge in [0.05, 0.1) is 0 Å². The molecule has 0 aromatic carbocycles. The zero-order valence-electron chi connectivity index (χ0n) is 7.29. The minimum absolute atomic E-state index is 0.192. The molecule has 2 heteroatoms. The smallest absolute Gasteiger partial charge is 0.164 e. The molecule has 0 aliphatic carbocycles. The van der Waals surface area contributed by atoms with Crippen LogP contribution >= 0.6 is 0 Å². The second-order valence-electron chi connectivity index (χ2n) is 2.66. The van der Waals surface area contributed by atoms with Gasteiger partial charge in [0.2, 0.25) is 0 Å². The summed E-state index contributed by atoms with van der Waals surface area (Å²) in [6, 6.07) is 1.84. The summed E-state index contributed by atoms with van der Waals surface area (Å²) in [4.78, 5) is 11.2. The topological polar surface area (TPSA) is 22.0 Å². The van der Waals surface area contributed by atoms with Gasteiger partial charge in [-0.15, -0.1) is 6.58 Å². The van der Waals surface area contributed by atoms with Gasteiger partial charge in [0.25, 0.3) is 0 Å². The van der Waals surface area contributed by atoms with Crippen molar-refractivity contribution in [3.05, 3.63) is 36.7 Å². The van der Waals surface area contributed by atoms with E-state index < -0.39 is 0 Å². The van der Waals surface area contributed by atoms with E-state index in [-0.39, 0.29) is 5.78 Å². The largest absolute Gasteiger partial charge is 0.350 e. The number of hydrogen-bond donors (Lipinski definition) is 0. The van der Waals surface area contributed by atoms with Crippen LogP contribution in [0.4, 0.5) is 0 Å². The molecule has 1 rings (SSSR count). The fourth-order valence-electron chi connectivity index (χ4n) is 1.07. The maximum Gasteiger partial charge on any atom is 0.164 e. The average Bonchev–Trinajstić information content (AvgIpc) is 2.52. The second-order valence-corrected chi connectivity index (χ2v) is 2.66. The zero-order valence-corrected chi connectivity index (χ0v) is 7.29. The summed E-state index contributed by atoms with van der Waals surface area (Å²) in [6.45, 7) is 6.25. The first-order valence-electron chi connectivity index (χ1n) is 4.07. The van der Waals surface area contributed by atoms with E-state index in [9.17, 15) is 4.79 Å². The fraction of sp³-hybridized carbons (Fsp3) is 0.300. The highest BCUT2D eigenvalue weighted by Gasteiger charge is 2.03. The van der Waals surface area contributed by atoms with E-state index in [2.05, 4.69) is 6.58 Å². The van der Waals surface area contributed by atoms with Crippen LogP contribution in [0.3, 0.4) is 0 Å². The van der Waals surface area contributed by atoms with Gasteiger partial charge in [-0.2, -0.15) is 0 Å². The lowest BCUT2D eigenvalue weighted by Crippen LogP contribution is -1.95. The molecule has 1 aromatic rings. The summed E-state index contributed by atoms with van der Waals surface area (Å²) >= 11 is 0. The molecule has 0 amide bonds. The highest BCUT2D eigenvalue weighted by atomic mass is 16.1. The number of ketones is 1. The first-order valence-corrected chi connectivity index (χ1v) is 4.07. The Hall–Kier alpha value is -1.31. The minimum Gasteiger partial charge on any atom is -0.350 e. The predicted molar refractivity (Wildman–Crippen MR) is 49.3 cm³/mol. The number of aromatic nitrogens is 1. The molecular weight excluding hydrogens is 150 g/mol. The minimum atomic E-state index is 0.192. The summed E-state index contributed by atoms with van der Waals surface area (Å²) in [5.74, 6) is 0.192. The van der Waals surface area contributed by atoms with Gasteiger partial charge in [-0.3, -0.25) is 4.79 Å². The summed E-state index contributed by atoms with van der Waals surface area (Å²) in [6.07, 6.45) is 6.12. The van der Waals surface area contributed by atoms with Crippen LogP contribution in [0.2, 0.25) is 0 Å². The molecule has 0 spiro atoms. The summed E-state index contributed by atoms with van der Waals surface area (Å²) in [5.41, 5.74) is 0.791. The van der Waals surface area contributed by atoms with E-state index in [1.54, 1.807) is 6.08 Å². The van der Waals surface area contributed by atoms with Gasteiger partial charge < -0.3 is 4.57 Å². The van der Waals surface area contributed by atoms with Crippen LogP contribution in [-0.2, 0) is 6.54 Å². The lowest BCUT2D eigenvalue weighted by Gasteiger charge is -1.94. The number of carbonyl (C=O) groups excluding carboxylic acids is 1. The van der Waals surface area contributed by atoms with E-state index in [1.165, 1.54) is 0 Å². The quantitative estimate of drug-likeness (QED) is 0.493. The van der Waals surface area contributed by atoms with Gasteiger partial charge in [-0.1, -0.05) is 13.0 Å². The third-order valence-electron chi connectivity index (χ3n) is 1.73. The standard InChI is InChI=1S/C10H13NO/c1-3-6-11-7-5-9(8-11)10(12)4-2/h3,5,7-8H,1,4,6H2,2H3. The Kier molecular flexibility index (Phi) is 2.86. The van der Waals surface area contributed by atoms with Crippen LogP contribution < -0.4 is 0 Å². The van der Waals surface area contributed by atoms with Crippen LogP contribution in [0.15, 0.2) is 31.1 Å². The Morgan fingerprint density at radius 3 is 3.08 bits per heavy atom. The second kappa shape index (κ2) is 3.90. The van der Waals surface area contributed by atoms with Gasteiger partial charge in [-0.25, -0.2) is 0 Å². The number of allylic oxidation sites excluding steroid dienone is 1. The van der Waals surface area contributed by atoms with Crippen molar-refractivity contribution in [2.24, 2.45) is 0 Å². The molecule has 1 aromatic heterocycles. The Bertz CT molecular complexity index is 286. The molecule has 0 bridgehead atoms. The average molecular weight is 163 g/mol. The predicted octanol–water partition coefficient (Wildman–Crippen LogP) is 2.27. The van der Waals surface area contributed by atoms with Crippen molar-refractivity contribution in [3.8, 4) is 0 Å². The number of rotatable bonds is 4. The molecule has 2 nitrogen and oxygen atoms in total. The number of Topliss-reactive ketones (excluding diaryl/α,β-unsaturated/α-hetero) is 1. The SMILES string of the molecule is C=CCn1ccc(C(=O)CC)c1. The van der Waals surface area contributed by atoms with Crippen molar-refractivity contribution in [1.29, 1.82) is 0 Å². The monoisotopic (exact) mass is 163 g/mol. The third kappa shape index (κ3) is 1.84. The Morgan fingerprint density at radius 2 is 2.50 bits per heavy atom. The first-order chi connectivity index (χ1) is 5.77. The maximum absolute atomic E-state index is 11.2. The number of hydrogen-bond acceptors (Lipinski definition) is 1. The van der Waals surface area contributed by atoms with E-state index >= 15 is 0 Å². The molecule has 0 atom stereocenters. The highest BCUT2D eigenvalue weighted by molar-refractivity contribution is 5.95. The molecule has 0 fully saturated rings. The van der Waals surface area contributed by atoms with Gasteiger partial charge in [0, 0.05) is 30.9 Å². The van der Waals surface area contributed by atoms with Crippen molar-refractivity contribution in [1.82, 2.24) is 4.57 Å². The van der Waals surface area contributed by atoms with Gasteiger partial charge >= 0.3 is 0 Å². The molecule has 12 heavy (non-hydrogen) atoms. The lowest BCUT2D eigenvalue weighted by atomic mass is 10.2. The normalized spacial score (nSPS) is 9.75. The number of carbonyl (C=O) groups is 1. The van der Waals surface area contributed by atoms with Crippen molar-refractivity contribution in [3.63, 3.8) is 0 Å². The molecule has 0 saturated heterocycles. The highest BCUT2D eigenvalue weighted by Crippen LogP contribution is 2.04. The molecule has 0 unspecified atom stereocenters. The van der Waals surface area contributed by atoms with E-state index in [1.807, 2.05) is 30.0 Å². The molecule has 0 aliphatic rings. The Morgan fingerprint density at radius 1 is 1.75 bits per heavy atom. The van der Waals surface area contributed by atoms with Crippen LogP contribution in [0.1, 0.15) is 23.7 Å². The molecular formula is C10H13NO. The van der Waals surface area contributed by atoms with Crippen molar-refractivity contribution in [2.45, 2.75) is 19.9 Å².